The molecule has 0 spiro atoms. The molecule has 0 unspecified atom stereocenters. The molecular formula is C18H20O4. The van der Waals surface area contributed by atoms with Gasteiger partial charge >= 0.3 is 0 Å². The quantitative estimate of drug-likeness (QED) is 0.728. The van der Waals surface area contributed by atoms with Gasteiger partial charge in [-0.1, -0.05) is 30.3 Å². The van der Waals surface area contributed by atoms with Crippen LogP contribution in [-0.2, 0) is 6.61 Å². The highest BCUT2D eigenvalue weighted by Gasteiger charge is 2.13. The number of hydrogen-bond donors (Lipinski definition) is 0. The van der Waals surface area contributed by atoms with Crippen LogP contribution in [0.2, 0.25) is 0 Å². The van der Waals surface area contributed by atoms with Gasteiger partial charge in [-0.15, -0.1) is 0 Å². The van der Waals surface area contributed by atoms with Crippen molar-refractivity contribution in [2.75, 3.05) is 7.11 Å². The third-order valence-electron chi connectivity index (χ3n) is 3.02. The summed E-state index contributed by atoms with van der Waals surface area (Å²) >= 11 is 0. The Morgan fingerprint density at radius 3 is 2.36 bits per heavy atom. The molecule has 0 amide bonds. The van der Waals surface area contributed by atoms with E-state index in [1.807, 2.05) is 44.2 Å². The van der Waals surface area contributed by atoms with Crippen LogP contribution in [0.5, 0.6) is 17.2 Å². The average Bonchev–Trinajstić information content (AvgIpc) is 2.53. The van der Waals surface area contributed by atoms with Crippen molar-refractivity contribution < 1.29 is 19.0 Å². The minimum absolute atomic E-state index is 0.00189. The topological polar surface area (TPSA) is 44.8 Å². The van der Waals surface area contributed by atoms with E-state index in [0.717, 1.165) is 11.8 Å². The Hall–Kier alpha value is -2.49. The molecule has 2 aromatic rings. The molecule has 2 aromatic carbocycles. The normalized spacial score (nSPS) is 10.4. The van der Waals surface area contributed by atoms with E-state index in [2.05, 4.69) is 0 Å². The molecule has 0 aromatic heterocycles. The molecule has 0 aliphatic carbocycles. The summed E-state index contributed by atoms with van der Waals surface area (Å²) in [5, 5.41) is 0. The van der Waals surface area contributed by atoms with Crippen molar-refractivity contribution in [2.24, 2.45) is 0 Å². The van der Waals surface area contributed by atoms with Crippen LogP contribution in [0.15, 0.2) is 42.5 Å². The van der Waals surface area contributed by atoms with E-state index in [0.29, 0.717) is 29.4 Å². The summed E-state index contributed by atoms with van der Waals surface area (Å²) in [5.74, 6) is 1.56. The van der Waals surface area contributed by atoms with Crippen LogP contribution in [0, 0.1) is 0 Å². The van der Waals surface area contributed by atoms with Crippen molar-refractivity contribution in [2.45, 2.75) is 26.6 Å². The number of benzene rings is 2. The lowest BCUT2D eigenvalue weighted by atomic mass is 10.2. The Bertz CT molecular complexity index is 620. The second-order valence-electron chi connectivity index (χ2n) is 5.10. The highest BCUT2D eigenvalue weighted by atomic mass is 16.5. The Morgan fingerprint density at radius 2 is 1.77 bits per heavy atom. The van der Waals surface area contributed by atoms with Crippen LogP contribution < -0.4 is 14.2 Å². The Kier molecular flexibility index (Phi) is 5.42. The van der Waals surface area contributed by atoms with Crippen molar-refractivity contribution in [1.82, 2.24) is 0 Å². The summed E-state index contributed by atoms with van der Waals surface area (Å²) in [6, 6.07) is 13.1. The van der Waals surface area contributed by atoms with Gasteiger partial charge < -0.3 is 14.2 Å². The van der Waals surface area contributed by atoms with E-state index < -0.39 is 0 Å². The number of carbonyl (C=O) groups is 1. The molecule has 0 atom stereocenters. The lowest BCUT2D eigenvalue weighted by molar-refractivity contribution is 0.111. The molecule has 0 N–H and O–H groups in total. The zero-order valence-electron chi connectivity index (χ0n) is 13.0. The number of rotatable bonds is 7. The predicted molar refractivity (Wildman–Crippen MR) is 84.9 cm³/mol. The molecule has 0 heterocycles. The number of aldehydes is 1. The van der Waals surface area contributed by atoms with Gasteiger partial charge in [-0.25, -0.2) is 0 Å². The number of hydrogen-bond acceptors (Lipinski definition) is 4. The molecule has 4 nitrogen and oxygen atoms in total. The Labute approximate surface area is 130 Å². The van der Waals surface area contributed by atoms with Gasteiger partial charge in [0, 0.05) is 6.07 Å². The predicted octanol–water partition coefficient (Wildman–Crippen LogP) is 3.87. The molecule has 0 saturated heterocycles. The highest BCUT2D eigenvalue weighted by Crippen LogP contribution is 2.35. The Balaban J connectivity index is 2.26. The second-order valence-corrected chi connectivity index (χ2v) is 5.10. The molecule has 116 valence electrons. The van der Waals surface area contributed by atoms with Gasteiger partial charge in [0.1, 0.15) is 12.4 Å². The lowest BCUT2D eigenvalue weighted by Gasteiger charge is -2.16. The SMILES string of the molecule is COc1cc(C=O)c(OCc2ccccc2)cc1OC(C)C. The maximum absolute atomic E-state index is 11.3. The van der Waals surface area contributed by atoms with Crippen molar-refractivity contribution in [3.63, 3.8) is 0 Å². The minimum atomic E-state index is -0.00189. The van der Waals surface area contributed by atoms with Gasteiger partial charge in [0.2, 0.25) is 0 Å². The van der Waals surface area contributed by atoms with Gasteiger partial charge in [0.25, 0.3) is 0 Å². The molecular weight excluding hydrogens is 280 g/mol. The molecule has 2 rings (SSSR count). The maximum Gasteiger partial charge on any atom is 0.165 e. The first-order valence-corrected chi connectivity index (χ1v) is 7.14. The van der Waals surface area contributed by atoms with Crippen LogP contribution in [-0.4, -0.2) is 19.5 Å². The molecule has 4 heteroatoms. The first-order chi connectivity index (χ1) is 10.6. The second kappa shape index (κ2) is 7.50. The first-order valence-electron chi connectivity index (χ1n) is 7.14. The first kappa shape index (κ1) is 15.9. The van der Waals surface area contributed by atoms with Crippen LogP contribution in [0.1, 0.15) is 29.8 Å². The lowest BCUT2D eigenvalue weighted by Crippen LogP contribution is -2.08. The third-order valence-corrected chi connectivity index (χ3v) is 3.02. The van der Waals surface area contributed by atoms with Crippen LogP contribution in [0.4, 0.5) is 0 Å². The fourth-order valence-corrected chi connectivity index (χ4v) is 2.01. The number of carbonyl (C=O) groups excluding carboxylic acids is 1. The van der Waals surface area contributed by atoms with Gasteiger partial charge in [0.05, 0.1) is 18.8 Å². The highest BCUT2D eigenvalue weighted by molar-refractivity contribution is 5.81. The summed E-state index contributed by atoms with van der Waals surface area (Å²) in [6.45, 7) is 4.24. The van der Waals surface area contributed by atoms with Gasteiger partial charge in [-0.05, 0) is 25.5 Å². The summed E-state index contributed by atoms with van der Waals surface area (Å²) in [6.07, 6.45) is 0.750. The monoisotopic (exact) mass is 300 g/mol. The average molecular weight is 300 g/mol. The fraction of sp³-hybridized carbons (Fsp3) is 0.278. The summed E-state index contributed by atoms with van der Waals surface area (Å²) in [5.41, 5.74) is 1.46. The fourth-order valence-electron chi connectivity index (χ4n) is 2.01. The summed E-state index contributed by atoms with van der Waals surface area (Å²) in [4.78, 5) is 11.3. The summed E-state index contributed by atoms with van der Waals surface area (Å²) < 4.78 is 16.7. The van der Waals surface area contributed by atoms with Crippen LogP contribution >= 0.6 is 0 Å². The molecule has 0 saturated carbocycles. The van der Waals surface area contributed by atoms with Gasteiger partial charge in [0.15, 0.2) is 17.8 Å². The maximum atomic E-state index is 11.3. The van der Waals surface area contributed by atoms with Crippen molar-refractivity contribution in [3.05, 3.63) is 53.6 Å². The minimum Gasteiger partial charge on any atom is -0.493 e. The zero-order chi connectivity index (χ0) is 15.9. The van der Waals surface area contributed by atoms with E-state index in [-0.39, 0.29) is 6.10 Å². The van der Waals surface area contributed by atoms with E-state index in [1.165, 1.54) is 0 Å². The number of methoxy groups -OCH3 is 1. The van der Waals surface area contributed by atoms with Gasteiger partial charge in [-0.3, -0.25) is 4.79 Å². The zero-order valence-corrected chi connectivity index (χ0v) is 13.0. The van der Waals surface area contributed by atoms with Crippen LogP contribution in [0.25, 0.3) is 0 Å². The van der Waals surface area contributed by atoms with Crippen LogP contribution in [0.3, 0.4) is 0 Å². The molecule has 22 heavy (non-hydrogen) atoms. The molecule has 0 radical (unpaired) electrons. The molecule has 0 aliphatic heterocycles. The van der Waals surface area contributed by atoms with Crippen molar-refractivity contribution in [3.8, 4) is 17.2 Å². The largest absolute Gasteiger partial charge is 0.493 e. The van der Waals surface area contributed by atoms with E-state index in [1.54, 1.807) is 19.2 Å². The van der Waals surface area contributed by atoms with E-state index in [4.69, 9.17) is 14.2 Å². The van der Waals surface area contributed by atoms with Crippen molar-refractivity contribution in [1.29, 1.82) is 0 Å². The molecule has 0 fully saturated rings. The van der Waals surface area contributed by atoms with Crippen molar-refractivity contribution >= 4 is 6.29 Å². The standard InChI is InChI=1S/C18H20O4/c1-13(2)22-18-10-16(15(11-19)9-17(18)20-3)21-12-14-7-5-4-6-8-14/h4-11,13H,12H2,1-3H3. The van der Waals surface area contributed by atoms with Gasteiger partial charge in [-0.2, -0.15) is 0 Å². The van der Waals surface area contributed by atoms with E-state index >= 15 is 0 Å². The molecule has 0 aliphatic rings. The molecule has 0 bridgehead atoms. The van der Waals surface area contributed by atoms with E-state index in [9.17, 15) is 4.79 Å². The Morgan fingerprint density at radius 1 is 1.05 bits per heavy atom. The third kappa shape index (κ3) is 4.01. The smallest absolute Gasteiger partial charge is 0.165 e. The number of ether oxygens (including phenoxy) is 3. The summed E-state index contributed by atoms with van der Waals surface area (Å²) in [7, 11) is 1.54.